The van der Waals surface area contributed by atoms with Crippen LogP contribution in [0, 0.1) is 17.2 Å². The Labute approximate surface area is 183 Å². The van der Waals surface area contributed by atoms with Crippen LogP contribution in [0.5, 0.6) is 0 Å². The molecule has 2 aromatic rings. The number of nitrogens with one attached hydrogen (secondary N) is 1. The molecule has 0 saturated carbocycles. The van der Waals surface area contributed by atoms with Gasteiger partial charge in [0.05, 0.1) is 6.04 Å². The summed E-state index contributed by atoms with van der Waals surface area (Å²) < 4.78 is 19.7. The number of hydrogen-bond donors (Lipinski definition) is 1. The highest BCUT2D eigenvalue weighted by Crippen LogP contribution is 2.44. The summed E-state index contributed by atoms with van der Waals surface area (Å²) in [4.78, 5) is 15.3. The lowest BCUT2D eigenvalue weighted by Gasteiger charge is -2.44. The minimum atomic E-state index is -0.319. The topological polar surface area (TPSA) is 41.6 Å². The smallest absolute Gasteiger partial charge is 0.407 e. The first kappa shape index (κ1) is 20.5. The molecular formula is C26H31FN2O2. The molecule has 2 atom stereocenters. The molecule has 6 rings (SSSR count). The van der Waals surface area contributed by atoms with Crippen LogP contribution in [0.3, 0.4) is 0 Å². The fourth-order valence-electron chi connectivity index (χ4n) is 5.57. The summed E-state index contributed by atoms with van der Waals surface area (Å²) in [5.74, 6) is 0.244. The second-order valence-corrected chi connectivity index (χ2v) is 10.1. The molecule has 3 aliphatic heterocycles. The Morgan fingerprint density at radius 3 is 2.61 bits per heavy atom. The predicted molar refractivity (Wildman–Crippen MR) is 119 cm³/mol. The summed E-state index contributed by atoms with van der Waals surface area (Å²) in [5, 5.41) is 3.21. The van der Waals surface area contributed by atoms with Gasteiger partial charge in [-0.25, -0.2) is 9.18 Å². The first-order valence-corrected chi connectivity index (χ1v) is 11.5. The molecule has 5 heteroatoms. The summed E-state index contributed by atoms with van der Waals surface area (Å²) in [6.07, 6.45) is 3.87. The van der Waals surface area contributed by atoms with Gasteiger partial charge in [0.25, 0.3) is 0 Å². The number of piperidine rings is 3. The van der Waals surface area contributed by atoms with E-state index in [-0.39, 0.29) is 29.5 Å². The van der Waals surface area contributed by atoms with Crippen LogP contribution in [0.2, 0.25) is 0 Å². The van der Waals surface area contributed by atoms with Crippen molar-refractivity contribution in [2.45, 2.75) is 51.7 Å². The van der Waals surface area contributed by atoms with Gasteiger partial charge in [0, 0.05) is 6.54 Å². The van der Waals surface area contributed by atoms with E-state index in [1.807, 2.05) is 6.07 Å². The fraction of sp³-hybridized carbons (Fsp3) is 0.500. The zero-order valence-corrected chi connectivity index (χ0v) is 18.4. The highest BCUT2D eigenvalue weighted by molar-refractivity contribution is 5.70. The van der Waals surface area contributed by atoms with Gasteiger partial charge in [0.1, 0.15) is 11.9 Å². The Morgan fingerprint density at radius 1 is 1.13 bits per heavy atom. The van der Waals surface area contributed by atoms with E-state index >= 15 is 0 Å². The highest BCUT2D eigenvalue weighted by atomic mass is 19.1. The van der Waals surface area contributed by atoms with Gasteiger partial charge < -0.3 is 10.1 Å². The number of benzene rings is 2. The average molecular weight is 423 g/mol. The third-order valence-electron chi connectivity index (χ3n) is 7.55. The minimum absolute atomic E-state index is 0.00713. The van der Waals surface area contributed by atoms with E-state index in [1.54, 1.807) is 12.1 Å². The van der Waals surface area contributed by atoms with Crippen LogP contribution in [0.4, 0.5) is 9.18 Å². The maximum absolute atomic E-state index is 13.8. The van der Waals surface area contributed by atoms with Gasteiger partial charge in [-0.1, -0.05) is 38.1 Å². The first-order valence-electron chi connectivity index (χ1n) is 11.5. The van der Waals surface area contributed by atoms with E-state index in [9.17, 15) is 9.18 Å². The molecule has 1 aliphatic carbocycles. The summed E-state index contributed by atoms with van der Waals surface area (Å²) in [7, 11) is 0. The molecule has 2 aromatic carbocycles. The van der Waals surface area contributed by atoms with Crippen LogP contribution in [-0.4, -0.2) is 36.7 Å². The van der Waals surface area contributed by atoms with Crippen molar-refractivity contribution in [3.63, 3.8) is 0 Å². The van der Waals surface area contributed by atoms with Gasteiger partial charge in [-0.05, 0) is 90.6 Å². The van der Waals surface area contributed by atoms with Crippen molar-refractivity contribution in [3.8, 4) is 11.1 Å². The summed E-state index contributed by atoms with van der Waals surface area (Å²) >= 11 is 0. The van der Waals surface area contributed by atoms with E-state index < -0.39 is 0 Å². The van der Waals surface area contributed by atoms with Crippen LogP contribution in [0.15, 0.2) is 42.5 Å². The number of carbonyl (C=O) groups is 1. The first-order chi connectivity index (χ1) is 14.9. The molecule has 31 heavy (non-hydrogen) atoms. The number of nitrogens with zero attached hydrogens (tertiary/aromatic N) is 1. The number of halogens is 1. The largest absolute Gasteiger partial charge is 0.445 e. The van der Waals surface area contributed by atoms with Crippen molar-refractivity contribution in [2.24, 2.45) is 11.3 Å². The lowest BCUT2D eigenvalue weighted by Crippen LogP contribution is -2.53. The summed E-state index contributed by atoms with van der Waals surface area (Å²) in [6.45, 7) is 7.50. The SMILES string of the molecule is CC1(C)CCc2ccc(-c3cccc(F)c3)cc2C1NC(=O)O[C@@H]1CN2CCC1CC2. The second-order valence-electron chi connectivity index (χ2n) is 10.1. The Bertz CT molecular complexity index is 981. The van der Waals surface area contributed by atoms with Crippen molar-refractivity contribution in [3.05, 3.63) is 59.4 Å². The third kappa shape index (κ3) is 4.08. The normalized spacial score (nSPS) is 28.6. The molecule has 0 aromatic heterocycles. The van der Waals surface area contributed by atoms with Crippen molar-refractivity contribution >= 4 is 6.09 Å². The average Bonchev–Trinajstić information content (AvgIpc) is 2.76. The lowest BCUT2D eigenvalue weighted by atomic mass is 9.70. The molecule has 1 N–H and O–H groups in total. The highest BCUT2D eigenvalue weighted by Gasteiger charge is 2.40. The van der Waals surface area contributed by atoms with Crippen LogP contribution in [0.25, 0.3) is 11.1 Å². The molecular weight excluding hydrogens is 391 g/mol. The van der Waals surface area contributed by atoms with Crippen LogP contribution in [0.1, 0.15) is 50.3 Å². The number of carbonyl (C=O) groups excluding carboxylic acids is 1. The van der Waals surface area contributed by atoms with E-state index in [1.165, 1.54) is 11.6 Å². The van der Waals surface area contributed by atoms with Gasteiger partial charge in [0.15, 0.2) is 0 Å². The van der Waals surface area contributed by atoms with E-state index in [4.69, 9.17) is 4.74 Å². The molecule has 0 spiro atoms. The number of hydrogen-bond acceptors (Lipinski definition) is 3. The van der Waals surface area contributed by atoms with Crippen LogP contribution < -0.4 is 5.32 Å². The van der Waals surface area contributed by atoms with Crippen LogP contribution in [-0.2, 0) is 11.2 Å². The quantitative estimate of drug-likeness (QED) is 0.727. The number of aryl methyl sites for hydroxylation is 1. The molecule has 0 radical (unpaired) electrons. The monoisotopic (exact) mass is 422 g/mol. The van der Waals surface area contributed by atoms with Crippen molar-refractivity contribution in [1.29, 1.82) is 0 Å². The number of amides is 1. The van der Waals surface area contributed by atoms with Gasteiger partial charge in [-0.15, -0.1) is 0 Å². The van der Waals surface area contributed by atoms with Gasteiger partial charge in [-0.3, -0.25) is 4.90 Å². The number of ether oxygens (including phenoxy) is 1. The standard InChI is InChI=1S/C26H31FN2O2/c1-26(2)11-8-17-6-7-20(19-4-3-5-21(27)14-19)15-22(17)24(26)28-25(30)31-23-16-29-12-9-18(23)10-13-29/h3-7,14-15,18,23-24H,8-13,16H2,1-2H3,(H,28,30)/t23-,24?/m1/s1. The zero-order chi connectivity index (χ0) is 21.6. The molecule has 1 amide bonds. The molecule has 1 unspecified atom stereocenters. The molecule has 3 fully saturated rings. The minimum Gasteiger partial charge on any atom is -0.445 e. The lowest BCUT2D eigenvalue weighted by molar-refractivity contribution is -0.0353. The van der Waals surface area contributed by atoms with Gasteiger partial charge in [-0.2, -0.15) is 0 Å². The van der Waals surface area contributed by atoms with Crippen molar-refractivity contribution in [2.75, 3.05) is 19.6 Å². The molecule has 164 valence electrons. The van der Waals surface area contributed by atoms with Gasteiger partial charge >= 0.3 is 6.09 Å². The second kappa shape index (κ2) is 7.94. The number of alkyl carbamates (subject to hydrolysis) is 1. The molecule has 4 nitrogen and oxygen atoms in total. The third-order valence-corrected chi connectivity index (χ3v) is 7.55. The predicted octanol–water partition coefficient (Wildman–Crippen LogP) is 5.33. The molecule has 3 heterocycles. The Kier molecular flexibility index (Phi) is 5.25. The maximum atomic E-state index is 13.8. The Hall–Kier alpha value is -2.40. The van der Waals surface area contributed by atoms with E-state index in [0.717, 1.165) is 62.0 Å². The van der Waals surface area contributed by atoms with E-state index in [2.05, 4.69) is 42.3 Å². The van der Waals surface area contributed by atoms with Crippen molar-refractivity contribution < 1.29 is 13.9 Å². The fourth-order valence-corrected chi connectivity index (χ4v) is 5.57. The number of rotatable bonds is 3. The summed E-state index contributed by atoms with van der Waals surface area (Å²) in [6, 6.07) is 12.8. The Morgan fingerprint density at radius 2 is 1.90 bits per heavy atom. The zero-order valence-electron chi connectivity index (χ0n) is 18.4. The number of fused-ring (bicyclic) bond motifs is 4. The van der Waals surface area contributed by atoms with Gasteiger partial charge in [0.2, 0.25) is 0 Å². The van der Waals surface area contributed by atoms with E-state index in [0.29, 0.717) is 5.92 Å². The molecule has 2 bridgehead atoms. The Balaban J connectivity index is 1.39. The van der Waals surface area contributed by atoms with Crippen LogP contribution >= 0.6 is 0 Å². The molecule has 4 aliphatic rings. The van der Waals surface area contributed by atoms with Crippen molar-refractivity contribution in [1.82, 2.24) is 10.2 Å². The molecule has 3 saturated heterocycles. The summed E-state index contributed by atoms with van der Waals surface area (Å²) in [5.41, 5.74) is 4.08. The maximum Gasteiger partial charge on any atom is 0.407 e.